The molecule has 5 nitrogen and oxygen atoms in total. The van der Waals surface area contributed by atoms with Gasteiger partial charge >= 0.3 is 6.09 Å². The van der Waals surface area contributed by atoms with Crippen molar-refractivity contribution in [2.24, 2.45) is 0 Å². The highest BCUT2D eigenvalue weighted by Gasteiger charge is 2.31. The summed E-state index contributed by atoms with van der Waals surface area (Å²) in [5, 5.41) is 17.5. The van der Waals surface area contributed by atoms with E-state index in [0.29, 0.717) is 18.7 Å². The van der Waals surface area contributed by atoms with Crippen molar-refractivity contribution >= 4 is 11.8 Å². The SMILES string of the molecule is N#CCc1ccc(N2CC(CO)OC2=O)cc1. The Morgan fingerprint density at radius 1 is 1.47 bits per heavy atom. The number of aliphatic hydroxyl groups excluding tert-OH is 1. The molecule has 1 atom stereocenters. The van der Waals surface area contributed by atoms with Crippen LogP contribution in [0.25, 0.3) is 0 Å². The molecule has 1 aliphatic heterocycles. The van der Waals surface area contributed by atoms with Crippen LogP contribution in [0.1, 0.15) is 5.56 Å². The summed E-state index contributed by atoms with van der Waals surface area (Å²) in [5.74, 6) is 0. The van der Waals surface area contributed by atoms with Gasteiger partial charge in [0, 0.05) is 5.69 Å². The molecule has 1 amide bonds. The smallest absolute Gasteiger partial charge is 0.414 e. The van der Waals surface area contributed by atoms with Crippen LogP contribution in [0.3, 0.4) is 0 Å². The number of hydrogen-bond acceptors (Lipinski definition) is 4. The molecule has 1 heterocycles. The van der Waals surface area contributed by atoms with E-state index in [1.807, 2.05) is 0 Å². The zero-order chi connectivity index (χ0) is 12.3. The summed E-state index contributed by atoms with van der Waals surface area (Å²) in [6, 6.07) is 9.21. The first-order chi connectivity index (χ1) is 8.24. The summed E-state index contributed by atoms with van der Waals surface area (Å²) < 4.78 is 4.94. The van der Waals surface area contributed by atoms with Gasteiger partial charge in [0.05, 0.1) is 25.6 Å². The third-order valence-electron chi connectivity index (χ3n) is 2.61. The van der Waals surface area contributed by atoms with Crippen molar-refractivity contribution in [3.8, 4) is 6.07 Å². The van der Waals surface area contributed by atoms with E-state index in [4.69, 9.17) is 15.1 Å². The van der Waals surface area contributed by atoms with Crippen LogP contribution in [0.5, 0.6) is 0 Å². The van der Waals surface area contributed by atoms with Crippen LogP contribution < -0.4 is 4.90 Å². The maximum atomic E-state index is 11.5. The summed E-state index contributed by atoms with van der Waals surface area (Å²) in [5.41, 5.74) is 1.62. The number of nitriles is 1. The lowest BCUT2D eigenvalue weighted by atomic mass is 10.1. The van der Waals surface area contributed by atoms with E-state index in [1.54, 1.807) is 24.3 Å². The summed E-state index contributed by atoms with van der Waals surface area (Å²) in [6.45, 7) is 0.182. The first-order valence-corrected chi connectivity index (χ1v) is 5.29. The molecule has 88 valence electrons. The normalized spacial score (nSPS) is 18.9. The molecule has 1 aromatic carbocycles. The van der Waals surface area contributed by atoms with Crippen molar-refractivity contribution in [1.82, 2.24) is 0 Å². The molecular weight excluding hydrogens is 220 g/mol. The van der Waals surface area contributed by atoms with Crippen LogP contribution in [0.2, 0.25) is 0 Å². The lowest BCUT2D eigenvalue weighted by molar-refractivity contribution is 0.0963. The highest BCUT2D eigenvalue weighted by molar-refractivity contribution is 5.89. The first-order valence-electron chi connectivity index (χ1n) is 5.29. The maximum absolute atomic E-state index is 11.5. The predicted molar refractivity (Wildman–Crippen MR) is 60.5 cm³/mol. The molecular formula is C12H12N2O3. The van der Waals surface area contributed by atoms with Crippen molar-refractivity contribution in [3.63, 3.8) is 0 Å². The van der Waals surface area contributed by atoms with Gasteiger partial charge in [-0.15, -0.1) is 0 Å². The molecule has 2 rings (SSSR count). The van der Waals surface area contributed by atoms with Crippen LogP contribution in [-0.4, -0.2) is 30.5 Å². The lowest BCUT2D eigenvalue weighted by Crippen LogP contribution is -2.25. The molecule has 1 saturated heterocycles. The molecule has 5 heteroatoms. The first kappa shape index (κ1) is 11.4. The fourth-order valence-electron chi connectivity index (χ4n) is 1.71. The van der Waals surface area contributed by atoms with Gasteiger partial charge in [-0.05, 0) is 17.7 Å². The van der Waals surface area contributed by atoms with Crippen LogP contribution in [0, 0.1) is 11.3 Å². The molecule has 1 unspecified atom stereocenters. The van der Waals surface area contributed by atoms with Crippen molar-refractivity contribution in [2.75, 3.05) is 18.1 Å². The van der Waals surface area contributed by atoms with Crippen LogP contribution in [0.15, 0.2) is 24.3 Å². The number of aliphatic hydroxyl groups is 1. The fourth-order valence-corrected chi connectivity index (χ4v) is 1.71. The van der Waals surface area contributed by atoms with E-state index in [-0.39, 0.29) is 6.61 Å². The highest BCUT2D eigenvalue weighted by atomic mass is 16.6. The zero-order valence-electron chi connectivity index (χ0n) is 9.17. The van der Waals surface area contributed by atoms with Gasteiger partial charge in [-0.2, -0.15) is 5.26 Å². The number of amides is 1. The third kappa shape index (κ3) is 2.37. The summed E-state index contributed by atoms with van der Waals surface area (Å²) >= 11 is 0. The Hall–Kier alpha value is -2.06. The molecule has 0 saturated carbocycles. The van der Waals surface area contributed by atoms with Crippen molar-refractivity contribution in [2.45, 2.75) is 12.5 Å². The van der Waals surface area contributed by atoms with E-state index >= 15 is 0 Å². The quantitative estimate of drug-likeness (QED) is 0.846. The van der Waals surface area contributed by atoms with E-state index in [9.17, 15) is 4.79 Å². The Balaban J connectivity index is 2.13. The maximum Gasteiger partial charge on any atom is 0.414 e. The minimum Gasteiger partial charge on any atom is -0.441 e. The Morgan fingerprint density at radius 2 is 2.18 bits per heavy atom. The van der Waals surface area contributed by atoms with Gasteiger partial charge < -0.3 is 9.84 Å². The number of carbonyl (C=O) groups is 1. The Bertz CT molecular complexity index is 450. The van der Waals surface area contributed by atoms with Crippen LogP contribution in [-0.2, 0) is 11.2 Å². The summed E-state index contributed by atoms with van der Waals surface area (Å²) in [6.07, 6.45) is -0.553. The van der Waals surface area contributed by atoms with Gasteiger partial charge in [0.2, 0.25) is 0 Å². The van der Waals surface area contributed by atoms with Gasteiger partial charge in [-0.3, -0.25) is 4.90 Å². The number of hydrogen-bond donors (Lipinski definition) is 1. The molecule has 0 radical (unpaired) electrons. The average molecular weight is 232 g/mol. The molecule has 0 spiro atoms. The second kappa shape index (κ2) is 4.85. The number of anilines is 1. The van der Waals surface area contributed by atoms with E-state index in [1.165, 1.54) is 4.90 Å². The van der Waals surface area contributed by atoms with Gasteiger partial charge in [0.15, 0.2) is 0 Å². The number of cyclic esters (lactones) is 1. The summed E-state index contributed by atoms with van der Waals surface area (Å²) in [7, 11) is 0. The van der Waals surface area contributed by atoms with E-state index in [2.05, 4.69) is 6.07 Å². The molecule has 1 aliphatic rings. The summed E-state index contributed by atoms with van der Waals surface area (Å²) in [4.78, 5) is 13.0. The molecule has 17 heavy (non-hydrogen) atoms. The van der Waals surface area contributed by atoms with Gasteiger partial charge in [-0.25, -0.2) is 4.79 Å². The van der Waals surface area contributed by atoms with Crippen LogP contribution in [0.4, 0.5) is 10.5 Å². The standard InChI is InChI=1S/C12H12N2O3/c13-6-5-9-1-3-10(4-2-9)14-7-11(8-15)17-12(14)16/h1-4,11,15H,5,7-8H2. The number of nitrogens with zero attached hydrogens (tertiary/aromatic N) is 2. The fraction of sp³-hybridized carbons (Fsp3) is 0.333. The molecule has 0 bridgehead atoms. The monoisotopic (exact) mass is 232 g/mol. The van der Waals surface area contributed by atoms with Gasteiger partial charge in [0.1, 0.15) is 6.10 Å². The number of benzene rings is 1. The Morgan fingerprint density at radius 3 is 2.71 bits per heavy atom. The second-order valence-electron chi connectivity index (χ2n) is 3.80. The minimum atomic E-state index is -0.457. The lowest BCUT2D eigenvalue weighted by Gasteiger charge is -2.12. The topological polar surface area (TPSA) is 73.6 Å². The highest BCUT2D eigenvalue weighted by Crippen LogP contribution is 2.21. The molecule has 1 N–H and O–H groups in total. The minimum absolute atomic E-state index is 0.172. The second-order valence-corrected chi connectivity index (χ2v) is 3.80. The average Bonchev–Trinajstić information content (AvgIpc) is 2.72. The number of ether oxygens (including phenoxy) is 1. The van der Waals surface area contributed by atoms with E-state index < -0.39 is 12.2 Å². The van der Waals surface area contributed by atoms with Crippen LogP contribution >= 0.6 is 0 Å². The molecule has 0 aliphatic carbocycles. The van der Waals surface area contributed by atoms with E-state index in [0.717, 1.165) is 5.56 Å². The Labute approximate surface area is 98.8 Å². The third-order valence-corrected chi connectivity index (χ3v) is 2.61. The predicted octanol–water partition coefficient (Wildman–Crippen LogP) is 1.07. The number of rotatable bonds is 3. The molecule has 1 aromatic rings. The molecule has 0 aromatic heterocycles. The number of carbonyl (C=O) groups excluding carboxylic acids is 1. The Kier molecular flexibility index (Phi) is 3.26. The van der Waals surface area contributed by atoms with Crippen molar-refractivity contribution < 1.29 is 14.6 Å². The zero-order valence-corrected chi connectivity index (χ0v) is 9.17. The van der Waals surface area contributed by atoms with Gasteiger partial charge in [0.25, 0.3) is 0 Å². The van der Waals surface area contributed by atoms with Crippen molar-refractivity contribution in [3.05, 3.63) is 29.8 Å². The van der Waals surface area contributed by atoms with Crippen molar-refractivity contribution in [1.29, 1.82) is 5.26 Å². The molecule has 1 fully saturated rings. The largest absolute Gasteiger partial charge is 0.441 e. The van der Waals surface area contributed by atoms with Gasteiger partial charge in [-0.1, -0.05) is 12.1 Å².